The molecule has 1 unspecified atom stereocenters. The van der Waals surface area contributed by atoms with E-state index in [1.54, 1.807) is 6.07 Å². The lowest BCUT2D eigenvalue weighted by atomic mass is 10.1. The van der Waals surface area contributed by atoms with Crippen LogP contribution >= 0.6 is 15.9 Å². The molecule has 0 spiro atoms. The maximum atomic E-state index is 13.3. The highest BCUT2D eigenvalue weighted by Gasteiger charge is 2.09. The molecule has 0 radical (unpaired) electrons. The van der Waals surface area contributed by atoms with E-state index in [-0.39, 0.29) is 5.82 Å². The zero-order valence-electron chi connectivity index (χ0n) is 10.8. The molecule has 0 bridgehead atoms. The van der Waals surface area contributed by atoms with Crippen LogP contribution in [-0.4, -0.2) is 18.0 Å². The van der Waals surface area contributed by atoms with Gasteiger partial charge in [0.2, 0.25) is 0 Å². The van der Waals surface area contributed by atoms with E-state index in [0.29, 0.717) is 5.92 Å². The van der Waals surface area contributed by atoms with Gasteiger partial charge in [-0.15, -0.1) is 0 Å². The van der Waals surface area contributed by atoms with Gasteiger partial charge in [0.25, 0.3) is 0 Å². The minimum atomic E-state index is -0.172. The third kappa shape index (κ3) is 5.17. The fourth-order valence-electron chi connectivity index (χ4n) is 1.84. The van der Waals surface area contributed by atoms with Crippen molar-refractivity contribution in [3.8, 4) is 0 Å². The van der Waals surface area contributed by atoms with Gasteiger partial charge in [0.15, 0.2) is 0 Å². The predicted octanol–water partition coefficient (Wildman–Crippen LogP) is 4.46. The number of hydrogen-bond acceptors (Lipinski definition) is 1. The molecule has 0 aromatic heterocycles. The number of nitrogens with zero attached hydrogens (tertiary/aromatic N) is 1. The largest absolute Gasteiger partial charge is 0.299 e. The quantitative estimate of drug-likeness (QED) is 0.750. The molecule has 1 aromatic carbocycles. The molecule has 0 amide bonds. The zero-order valence-corrected chi connectivity index (χ0v) is 12.4. The van der Waals surface area contributed by atoms with Gasteiger partial charge < -0.3 is 0 Å². The third-order valence-electron chi connectivity index (χ3n) is 3.04. The standard InChI is InChI=1S/C14H21BrFN/c1-4-11(3)9-17(5-2)10-12-6-13(15)8-14(16)7-12/h6-8,11H,4-5,9-10H2,1-3H3. The molecule has 0 fully saturated rings. The Balaban J connectivity index is 2.66. The van der Waals surface area contributed by atoms with Crippen LogP contribution in [0.4, 0.5) is 4.39 Å². The Hall–Kier alpha value is -0.410. The van der Waals surface area contributed by atoms with Crippen LogP contribution in [0.25, 0.3) is 0 Å². The number of hydrogen-bond donors (Lipinski definition) is 0. The molecular formula is C14H21BrFN. The summed E-state index contributed by atoms with van der Waals surface area (Å²) >= 11 is 3.33. The van der Waals surface area contributed by atoms with E-state index in [0.717, 1.165) is 29.7 Å². The van der Waals surface area contributed by atoms with Crippen LogP contribution in [0.15, 0.2) is 22.7 Å². The molecule has 0 N–H and O–H groups in total. The van der Waals surface area contributed by atoms with Crippen molar-refractivity contribution >= 4 is 15.9 Å². The molecule has 17 heavy (non-hydrogen) atoms. The van der Waals surface area contributed by atoms with Crippen LogP contribution in [0, 0.1) is 11.7 Å². The van der Waals surface area contributed by atoms with Crippen LogP contribution in [-0.2, 0) is 6.54 Å². The number of rotatable bonds is 6. The van der Waals surface area contributed by atoms with Gasteiger partial charge in [-0.05, 0) is 36.2 Å². The fourth-order valence-corrected chi connectivity index (χ4v) is 2.35. The molecule has 0 saturated heterocycles. The number of halogens is 2. The number of benzene rings is 1. The first kappa shape index (κ1) is 14.7. The molecule has 1 aromatic rings. The van der Waals surface area contributed by atoms with Crippen LogP contribution in [0.1, 0.15) is 32.8 Å². The Labute approximate surface area is 112 Å². The highest BCUT2D eigenvalue weighted by Crippen LogP contribution is 2.17. The summed E-state index contributed by atoms with van der Waals surface area (Å²) < 4.78 is 14.1. The van der Waals surface area contributed by atoms with Crippen LogP contribution in [0.5, 0.6) is 0 Å². The topological polar surface area (TPSA) is 3.24 Å². The van der Waals surface area contributed by atoms with Gasteiger partial charge in [-0.3, -0.25) is 4.90 Å². The predicted molar refractivity (Wildman–Crippen MR) is 74.5 cm³/mol. The van der Waals surface area contributed by atoms with Gasteiger partial charge in [0, 0.05) is 17.6 Å². The molecule has 0 saturated carbocycles. The van der Waals surface area contributed by atoms with Crippen LogP contribution in [0.2, 0.25) is 0 Å². The normalized spacial score (nSPS) is 13.1. The maximum absolute atomic E-state index is 13.3. The molecular weight excluding hydrogens is 281 g/mol. The smallest absolute Gasteiger partial charge is 0.124 e. The molecule has 1 rings (SSSR count). The van der Waals surface area contributed by atoms with Gasteiger partial charge in [0.1, 0.15) is 5.82 Å². The molecule has 1 atom stereocenters. The summed E-state index contributed by atoms with van der Waals surface area (Å²) in [7, 11) is 0. The van der Waals surface area contributed by atoms with E-state index in [1.165, 1.54) is 12.5 Å². The maximum Gasteiger partial charge on any atom is 0.124 e. The monoisotopic (exact) mass is 301 g/mol. The van der Waals surface area contributed by atoms with E-state index >= 15 is 0 Å². The molecule has 0 heterocycles. The van der Waals surface area contributed by atoms with Crippen molar-refractivity contribution in [3.63, 3.8) is 0 Å². The minimum Gasteiger partial charge on any atom is -0.299 e. The minimum absolute atomic E-state index is 0.172. The van der Waals surface area contributed by atoms with Crippen LogP contribution < -0.4 is 0 Å². The van der Waals surface area contributed by atoms with Crippen molar-refractivity contribution in [3.05, 3.63) is 34.1 Å². The Morgan fingerprint density at radius 1 is 1.29 bits per heavy atom. The first-order chi connectivity index (χ1) is 8.05. The Kier molecular flexibility index (Phi) is 6.14. The van der Waals surface area contributed by atoms with Gasteiger partial charge >= 0.3 is 0 Å². The van der Waals surface area contributed by atoms with Gasteiger partial charge in [0.05, 0.1) is 0 Å². The first-order valence-corrected chi connectivity index (χ1v) is 7.01. The molecule has 1 nitrogen and oxygen atoms in total. The van der Waals surface area contributed by atoms with E-state index in [4.69, 9.17) is 0 Å². The Bertz CT molecular complexity index is 334. The van der Waals surface area contributed by atoms with Crippen LogP contribution in [0.3, 0.4) is 0 Å². The molecule has 3 heteroatoms. The average molecular weight is 302 g/mol. The van der Waals surface area contributed by atoms with Crippen molar-refractivity contribution in [1.29, 1.82) is 0 Å². The lowest BCUT2D eigenvalue weighted by Gasteiger charge is -2.23. The lowest BCUT2D eigenvalue weighted by molar-refractivity contribution is 0.238. The summed E-state index contributed by atoms with van der Waals surface area (Å²) in [6.07, 6.45) is 1.18. The van der Waals surface area contributed by atoms with E-state index in [1.807, 2.05) is 6.07 Å². The summed E-state index contributed by atoms with van der Waals surface area (Å²) in [4.78, 5) is 2.36. The average Bonchev–Trinajstić information content (AvgIpc) is 2.26. The summed E-state index contributed by atoms with van der Waals surface area (Å²) in [5, 5.41) is 0. The van der Waals surface area contributed by atoms with Gasteiger partial charge in [-0.2, -0.15) is 0 Å². The Morgan fingerprint density at radius 2 is 2.00 bits per heavy atom. The molecule has 0 aliphatic carbocycles. The van der Waals surface area contributed by atoms with E-state index in [9.17, 15) is 4.39 Å². The summed E-state index contributed by atoms with van der Waals surface area (Å²) in [5.74, 6) is 0.515. The first-order valence-electron chi connectivity index (χ1n) is 6.22. The van der Waals surface area contributed by atoms with Crippen molar-refractivity contribution in [2.24, 2.45) is 5.92 Å². The lowest BCUT2D eigenvalue weighted by Crippen LogP contribution is -2.27. The summed E-state index contributed by atoms with van der Waals surface area (Å²) in [6.45, 7) is 9.49. The Morgan fingerprint density at radius 3 is 2.53 bits per heavy atom. The second-order valence-electron chi connectivity index (χ2n) is 4.62. The molecule has 96 valence electrons. The molecule has 0 aliphatic rings. The second kappa shape index (κ2) is 7.12. The SMILES string of the molecule is CCC(C)CN(CC)Cc1cc(F)cc(Br)c1. The van der Waals surface area contributed by atoms with Crippen molar-refractivity contribution in [2.45, 2.75) is 33.7 Å². The van der Waals surface area contributed by atoms with E-state index in [2.05, 4.69) is 41.6 Å². The van der Waals surface area contributed by atoms with Gasteiger partial charge in [-0.25, -0.2) is 4.39 Å². The summed E-state index contributed by atoms with van der Waals surface area (Å²) in [5.41, 5.74) is 1.03. The summed E-state index contributed by atoms with van der Waals surface area (Å²) in [6, 6.07) is 5.10. The molecule has 0 aliphatic heterocycles. The highest BCUT2D eigenvalue weighted by atomic mass is 79.9. The third-order valence-corrected chi connectivity index (χ3v) is 3.50. The highest BCUT2D eigenvalue weighted by molar-refractivity contribution is 9.10. The fraction of sp³-hybridized carbons (Fsp3) is 0.571. The van der Waals surface area contributed by atoms with Crippen molar-refractivity contribution in [2.75, 3.05) is 13.1 Å². The van der Waals surface area contributed by atoms with Crippen molar-refractivity contribution < 1.29 is 4.39 Å². The second-order valence-corrected chi connectivity index (χ2v) is 5.53. The zero-order chi connectivity index (χ0) is 12.8. The van der Waals surface area contributed by atoms with Crippen molar-refractivity contribution in [1.82, 2.24) is 4.90 Å². The van der Waals surface area contributed by atoms with E-state index < -0.39 is 0 Å². The van der Waals surface area contributed by atoms with Gasteiger partial charge in [-0.1, -0.05) is 43.1 Å².